The molecule has 1 aliphatic rings. The van der Waals surface area contributed by atoms with Gasteiger partial charge in [0.1, 0.15) is 0 Å². The molecule has 2 aromatic heterocycles. The number of nitrogens with two attached hydrogens (primary N) is 1. The van der Waals surface area contributed by atoms with Crippen LogP contribution in [0.15, 0.2) is 29.0 Å². The van der Waals surface area contributed by atoms with Crippen LogP contribution in [0.25, 0.3) is 11.4 Å². The van der Waals surface area contributed by atoms with Gasteiger partial charge in [-0.2, -0.15) is 4.98 Å². The molecule has 2 N–H and O–H groups in total. The van der Waals surface area contributed by atoms with Gasteiger partial charge in [-0.1, -0.05) is 5.16 Å². The van der Waals surface area contributed by atoms with Crippen molar-refractivity contribution >= 4 is 0 Å². The number of hydrogen-bond acceptors (Lipinski definition) is 6. The van der Waals surface area contributed by atoms with Crippen molar-refractivity contribution in [3.05, 3.63) is 30.4 Å². The quantitative estimate of drug-likeness (QED) is 0.890. The summed E-state index contributed by atoms with van der Waals surface area (Å²) in [5.74, 6) is 1.17. The van der Waals surface area contributed by atoms with E-state index in [9.17, 15) is 0 Å². The molecular weight excluding hydrogens is 244 g/mol. The van der Waals surface area contributed by atoms with E-state index in [1.54, 1.807) is 12.4 Å². The van der Waals surface area contributed by atoms with Gasteiger partial charge in [-0.15, -0.1) is 0 Å². The van der Waals surface area contributed by atoms with E-state index < -0.39 is 0 Å². The Kier molecular flexibility index (Phi) is 3.27. The van der Waals surface area contributed by atoms with E-state index in [1.165, 1.54) is 0 Å². The third kappa shape index (κ3) is 2.24. The fraction of sp³-hybridized carbons (Fsp3) is 0.462. The minimum absolute atomic E-state index is 0.244. The zero-order chi connectivity index (χ0) is 13.1. The molecule has 100 valence electrons. The highest BCUT2D eigenvalue weighted by Gasteiger charge is 2.38. The lowest BCUT2D eigenvalue weighted by atomic mass is 9.80. The van der Waals surface area contributed by atoms with Crippen molar-refractivity contribution in [2.45, 2.75) is 18.3 Å². The first-order valence-corrected chi connectivity index (χ1v) is 6.36. The molecule has 2 aromatic rings. The summed E-state index contributed by atoms with van der Waals surface area (Å²) >= 11 is 0. The van der Waals surface area contributed by atoms with Crippen LogP contribution < -0.4 is 5.73 Å². The molecule has 0 spiro atoms. The molecule has 0 aliphatic carbocycles. The van der Waals surface area contributed by atoms with Crippen LogP contribution in [0, 0.1) is 0 Å². The number of ether oxygens (including phenoxy) is 1. The highest BCUT2D eigenvalue weighted by atomic mass is 16.5. The standard InChI is InChI=1S/C13H16N4O2/c14-9-13(3-6-18-7-4-13)12-16-11(17-19-12)10-2-1-5-15-8-10/h1-2,5,8H,3-4,6-7,9,14H2. The Morgan fingerprint density at radius 3 is 2.84 bits per heavy atom. The molecule has 0 radical (unpaired) electrons. The maximum atomic E-state index is 5.92. The van der Waals surface area contributed by atoms with Gasteiger partial charge in [-0.25, -0.2) is 0 Å². The average Bonchev–Trinajstić information content (AvgIpc) is 2.99. The summed E-state index contributed by atoms with van der Waals surface area (Å²) in [5.41, 5.74) is 6.52. The Hall–Kier alpha value is -1.79. The lowest BCUT2D eigenvalue weighted by Crippen LogP contribution is -2.40. The summed E-state index contributed by atoms with van der Waals surface area (Å²) in [6.07, 6.45) is 5.06. The van der Waals surface area contributed by atoms with E-state index in [-0.39, 0.29) is 5.41 Å². The molecule has 1 aliphatic heterocycles. The number of rotatable bonds is 3. The van der Waals surface area contributed by atoms with Crippen LogP contribution in [-0.4, -0.2) is 34.9 Å². The van der Waals surface area contributed by atoms with Crippen molar-refractivity contribution < 1.29 is 9.26 Å². The monoisotopic (exact) mass is 260 g/mol. The Morgan fingerprint density at radius 2 is 2.16 bits per heavy atom. The Bertz CT molecular complexity index is 535. The van der Waals surface area contributed by atoms with Gasteiger partial charge < -0.3 is 15.0 Å². The van der Waals surface area contributed by atoms with Crippen LogP contribution in [0.4, 0.5) is 0 Å². The molecule has 0 bridgehead atoms. The average molecular weight is 260 g/mol. The fourth-order valence-electron chi connectivity index (χ4n) is 2.32. The maximum absolute atomic E-state index is 5.92. The van der Waals surface area contributed by atoms with Gasteiger partial charge in [-0.3, -0.25) is 4.98 Å². The lowest BCUT2D eigenvalue weighted by molar-refractivity contribution is 0.0409. The zero-order valence-electron chi connectivity index (χ0n) is 10.6. The molecule has 6 nitrogen and oxygen atoms in total. The topological polar surface area (TPSA) is 87.1 Å². The van der Waals surface area contributed by atoms with E-state index in [4.69, 9.17) is 15.0 Å². The van der Waals surface area contributed by atoms with Crippen LogP contribution in [0.2, 0.25) is 0 Å². The van der Waals surface area contributed by atoms with Crippen molar-refractivity contribution in [1.29, 1.82) is 0 Å². The van der Waals surface area contributed by atoms with E-state index in [1.807, 2.05) is 12.1 Å². The molecule has 3 rings (SSSR count). The van der Waals surface area contributed by atoms with Gasteiger partial charge in [0.25, 0.3) is 0 Å². The first-order chi connectivity index (χ1) is 9.34. The van der Waals surface area contributed by atoms with Gasteiger partial charge in [0.2, 0.25) is 11.7 Å². The highest BCUT2D eigenvalue weighted by molar-refractivity contribution is 5.52. The Morgan fingerprint density at radius 1 is 1.32 bits per heavy atom. The van der Waals surface area contributed by atoms with Gasteiger partial charge in [0.15, 0.2) is 0 Å². The molecule has 0 amide bonds. The van der Waals surface area contributed by atoms with Gasteiger partial charge in [-0.05, 0) is 25.0 Å². The third-order valence-corrected chi connectivity index (χ3v) is 3.64. The molecule has 0 unspecified atom stereocenters. The molecule has 3 heterocycles. The summed E-state index contributed by atoms with van der Waals surface area (Å²) in [4.78, 5) is 8.55. The maximum Gasteiger partial charge on any atom is 0.234 e. The van der Waals surface area contributed by atoms with Crippen LogP contribution in [0.5, 0.6) is 0 Å². The van der Waals surface area contributed by atoms with Crippen LogP contribution >= 0.6 is 0 Å². The van der Waals surface area contributed by atoms with Crippen molar-refractivity contribution in [1.82, 2.24) is 15.1 Å². The molecular formula is C13H16N4O2. The second-order valence-electron chi connectivity index (χ2n) is 4.76. The second-order valence-corrected chi connectivity index (χ2v) is 4.76. The molecule has 0 saturated carbocycles. The smallest absolute Gasteiger partial charge is 0.234 e. The largest absolute Gasteiger partial charge is 0.381 e. The van der Waals surface area contributed by atoms with E-state index in [2.05, 4.69) is 15.1 Å². The molecule has 6 heteroatoms. The summed E-state index contributed by atoms with van der Waals surface area (Å²) in [5, 5.41) is 4.03. The van der Waals surface area contributed by atoms with Gasteiger partial charge in [0, 0.05) is 37.7 Å². The minimum Gasteiger partial charge on any atom is -0.381 e. The summed E-state index contributed by atoms with van der Waals surface area (Å²) < 4.78 is 10.8. The summed E-state index contributed by atoms with van der Waals surface area (Å²) in [6, 6.07) is 3.75. The van der Waals surface area contributed by atoms with Crippen molar-refractivity contribution in [3.8, 4) is 11.4 Å². The van der Waals surface area contributed by atoms with Crippen LogP contribution in [0.1, 0.15) is 18.7 Å². The molecule has 1 fully saturated rings. The van der Waals surface area contributed by atoms with E-state index in [0.717, 1.165) is 18.4 Å². The molecule has 19 heavy (non-hydrogen) atoms. The van der Waals surface area contributed by atoms with E-state index in [0.29, 0.717) is 31.5 Å². The van der Waals surface area contributed by atoms with Crippen LogP contribution in [0.3, 0.4) is 0 Å². The SMILES string of the molecule is NCC1(c2nc(-c3cccnc3)no2)CCOCC1. The van der Waals surface area contributed by atoms with Gasteiger partial charge in [0.05, 0.1) is 5.41 Å². The number of nitrogens with zero attached hydrogens (tertiary/aromatic N) is 3. The molecule has 1 saturated heterocycles. The molecule has 0 aromatic carbocycles. The van der Waals surface area contributed by atoms with Crippen molar-refractivity contribution in [3.63, 3.8) is 0 Å². The van der Waals surface area contributed by atoms with Crippen molar-refractivity contribution in [2.24, 2.45) is 5.73 Å². The number of pyridine rings is 1. The molecule has 0 atom stereocenters. The Labute approximate surface area is 111 Å². The predicted octanol–water partition coefficient (Wildman–Crippen LogP) is 1.14. The zero-order valence-corrected chi connectivity index (χ0v) is 10.6. The third-order valence-electron chi connectivity index (χ3n) is 3.64. The minimum atomic E-state index is -0.244. The second kappa shape index (κ2) is 5.07. The number of aromatic nitrogens is 3. The van der Waals surface area contributed by atoms with Crippen LogP contribution in [-0.2, 0) is 10.2 Å². The normalized spacial score (nSPS) is 18.4. The summed E-state index contributed by atoms with van der Waals surface area (Å²) in [6.45, 7) is 1.86. The van der Waals surface area contributed by atoms with E-state index >= 15 is 0 Å². The van der Waals surface area contributed by atoms with Gasteiger partial charge >= 0.3 is 0 Å². The lowest BCUT2D eigenvalue weighted by Gasteiger charge is -2.32. The predicted molar refractivity (Wildman–Crippen MR) is 68.3 cm³/mol. The number of hydrogen-bond donors (Lipinski definition) is 1. The van der Waals surface area contributed by atoms with Crippen molar-refractivity contribution in [2.75, 3.05) is 19.8 Å². The first-order valence-electron chi connectivity index (χ1n) is 6.36. The first kappa shape index (κ1) is 12.3. The fourth-order valence-corrected chi connectivity index (χ4v) is 2.32. The highest BCUT2D eigenvalue weighted by Crippen LogP contribution is 2.33. The summed E-state index contributed by atoms with van der Waals surface area (Å²) in [7, 11) is 0. The Balaban J connectivity index is 1.92.